The van der Waals surface area contributed by atoms with E-state index in [-0.39, 0.29) is 0 Å². The smallest absolute Gasteiger partial charge is 0.122 e. The standard InChI is InChI=1S/C13H19NO2/c1-10-5-3-4-6-13(10)16-9-12-8-15-7-11(2)14-12/h3-6,11-12,14H,7-9H2,1-2H3. The van der Waals surface area contributed by atoms with Crippen LogP contribution in [-0.4, -0.2) is 31.9 Å². The average Bonchev–Trinajstić information content (AvgIpc) is 2.28. The third kappa shape index (κ3) is 2.97. The molecule has 3 nitrogen and oxygen atoms in total. The topological polar surface area (TPSA) is 30.5 Å². The van der Waals surface area contributed by atoms with Crippen LogP contribution in [0.3, 0.4) is 0 Å². The van der Waals surface area contributed by atoms with Crippen molar-refractivity contribution in [2.45, 2.75) is 25.9 Å². The van der Waals surface area contributed by atoms with Gasteiger partial charge in [0.2, 0.25) is 0 Å². The monoisotopic (exact) mass is 221 g/mol. The second-order valence-corrected chi connectivity index (χ2v) is 4.38. The van der Waals surface area contributed by atoms with Crippen LogP contribution in [0.5, 0.6) is 5.75 Å². The molecule has 1 aromatic carbocycles. The minimum absolute atomic E-state index is 0.295. The first kappa shape index (κ1) is 11.4. The Bertz CT molecular complexity index is 340. The molecule has 0 amide bonds. The molecular formula is C13H19NO2. The summed E-state index contributed by atoms with van der Waals surface area (Å²) in [6, 6.07) is 8.79. The third-order valence-corrected chi connectivity index (χ3v) is 2.74. The number of para-hydroxylation sites is 1. The molecule has 2 rings (SSSR count). The number of morpholine rings is 1. The number of hydrogen-bond donors (Lipinski definition) is 1. The lowest BCUT2D eigenvalue weighted by atomic mass is 10.2. The van der Waals surface area contributed by atoms with Gasteiger partial charge >= 0.3 is 0 Å². The summed E-state index contributed by atoms with van der Waals surface area (Å²) in [4.78, 5) is 0. The lowest BCUT2D eigenvalue weighted by molar-refractivity contribution is 0.0352. The van der Waals surface area contributed by atoms with Crippen LogP contribution < -0.4 is 10.1 Å². The summed E-state index contributed by atoms with van der Waals surface area (Å²) >= 11 is 0. The molecule has 0 bridgehead atoms. The lowest BCUT2D eigenvalue weighted by Crippen LogP contribution is -2.50. The van der Waals surface area contributed by atoms with Gasteiger partial charge in [0.25, 0.3) is 0 Å². The number of benzene rings is 1. The number of aryl methyl sites for hydroxylation is 1. The summed E-state index contributed by atoms with van der Waals surface area (Å²) < 4.78 is 11.3. The molecule has 1 aliphatic rings. The van der Waals surface area contributed by atoms with Crippen molar-refractivity contribution in [2.75, 3.05) is 19.8 Å². The summed E-state index contributed by atoms with van der Waals surface area (Å²) in [6.45, 7) is 6.37. The second-order valence-electron chi connectivity index (χ2n) is 4.38. The van der Waals surface area contributed by atoms with Crippen LogP contribution in [0.4, 0.5) is 0 Å². The van der Waals surface area contributed by atoms with E-state index in [1.807, 2.05) is 18.2 Å². The Hall–Kier alpha value is -1.06. The van der Waals surface area contributed by atoms with Crippen molar-refractivity contribution < 1.29 is 9.47 Å². The van der Waals surface area contributed by atoms with Gasteiger partial charge in [0.15, 0.2) is 0 Å². The van der Waals surface area contributed by atoms with Crippen LogP contribution in [0, 0.1) is 6.92 Å². The van der Waals surface area contributed by atoms with Gasteiger partial charge in [-0.05, 0) is 25.5 Å². The highest BCUT2D eigenvalue weighted by molar-refractivity contribution is 5.31. The summed E-state index contributed by atoms with van der Waals surface area (Å²) in [5.74, 6) is 0.961. The van der Waals surface area contributed by atoms with Gasteiger partial charge < -0.3 is 14.8 Å². The van der Waals surface area contributed by atoms with Crippen LogP contribution in [0.1, 0.15) is 12.5 Å². The number of ether oxygens (including phenoxy) is 2. The van der Waals surface area contributed by atoms with Crippen molar-refractivity contribution in [3.8, 4) is 5.75 Å². The minimum atomic E-state index is 0.295. The molecule has 1 aromatic rings. The van der Waals surface area contributed by atoms with Gasteiger partial charge in [-0.15, -0.1) is 0 Å². The molecule has 0 spiro atoms. The lowest BCUT2D eigenvalue weighted by Gasteiger charge is -2.28. The van der Waals surface area contributed by atoms with E-state index in [4.69, 9.17) is 9.47 Å². The summed E-state index contributed by atoms with van der Waals surface area (Å²) in [5, 5.41) is 3.46. The molecule has 0 aliphatic carbocycles. The van der Waals surface area contributed by atoms with Crippen LogP contribution >= 0.6 is 0 Å². The molecule has 0 radical (unpaired) electrons. The largest absolute Gasteiger partial charge is 0.492 e. The predicted molar refractivity (Wildman–Crippen MR) is 63.9 cm³/mol. The van der Waals surface area contributed by atoms with Crippen molar-refractivity contribution in [1.82, 2.24) is 5.32 Å². The summed E-state index contributed by atoms with van der Waals surface area (Å²) in [5.41, 5.74) is 1.17. The Morgan fingerprint density at radius 3 is 2.94 bits per heavy atom. The van der Waals surface area contributed by atoms with Crippen LogP contribution in [0.15, 0.2) is 24.3 Å². The molecule has 16 heavy (non-hydrogen) atoms. The maximum Gasteiger partial charge on any atom is 0.122 e. The highest BCUT2D eigenvalue weighted by Gasteiger charge is 2.18. The molecule has 88 valence electrons. The quantitative estimate of drug-likeness (QED) is 0.843. The molecule has 2 unspecified atom stereocenters. The van der Waals surface area contributed by atoms with Crippen molar-refractivity contribution in [1.29, 1.82) is 0 Å². The average molecular weight is 221 g/mol. The molecule has 0 aromatic heterocycles. The van der Waals surface area contributed by atoms with Gasteiger partial charge in [-0.3, -0.25) is 0 Å². The highest BCUT2D eigenvalue weighted by atomic mass is 16.5. The van der Waals surface area contributed by atoms with Gasteiger partial charge in [-0.25, -0.2) is 0 Å². The predicted octanol–water partition coefficient (Wildman–Crippen LogP) is 1.75. The summed E-state index contributed by atoms with van der Waals surface area (Å²) in [7, 11) is 0. The van der Waals surface area contributed by atoms with E-state index in [0.29, 0.717) is 18.7 Å². The van der Waals surface area contributed by atoms with E-state index in [1.54, 1.807) is 0 Å². The fourth-order valence-electron chi connectivity index (χ4n) is 1.89. The van der Waals surface area contributed by atoms with Crippen LogP contribution in [0.2, 0.25) is 0 Å². The Morgan fingerprint density at radius 1 is 1.38 bits per heavy atom. The van der Waals surface area contributed by atoms with Crippen molar-refractivity contribution in [3.05, 3.63) is 29.8 Å². The molecule has 2 atom stereocenters. The van der Waals surface area contributed by atoms with Gasteiger partial charge in [-0.2, -0.15) is 0 Å². The Kier molecular flexibility index (Phi) is 3.80. The first-order valence-electron chi connectivity index (χ1n) is 5.78. The van der Waals surface area contributed by atoms with Gasteiger partial charge in [0, 0.05) is 6.04 Å². The normalized spacial score (nSPS) is 25.4. The number of hydrogen-bond acceptors (Lipinski definition) is 3. The fourth-order valence-corrected chi connectivity index (χ4v) is 1.89. The zero-order valence-corrected chi connectivity index (χ0v) is 9.90. The van der Waals surface area contributed by atoms with Gasteiger partial charge in [-0.1, -0.05) is 18.2 Å². The van der Waals surface area contributed by atoms with Crippen LogP contribution in [-0.2, 0) is 4.74 Å². The Morgan fingerprint density at radius 2 is 2.19 bits per heavy atom. The Labute approximate surface area is 96.8 Å². The third-order valence-electron chi connectivity index (χ3n) is 2.74. The zero-order valence-electron chi connectivity index (χ0n) is 9.90. The van der Waals surface area contributed by atoms with Crippen molar-refractivity contribution in [3.63, 3.8) is 0 Å². The number of rotatable bonds is 3. The molecular weight excluding hydrogens is 202 g/mol. The van der Waals surface area contributed by atoms with E-state index >= 15 is 0 Å². The number of nitrogens with one attached hydrogen (secondary N) is 1. The van der Waals surface area contributed by atoms with E-state index in [0.717, 1.165) is 19.0 Å². The van der Waals surface area contributed by atoms with Crippen molar-refractivity contribution in [2.24, 2.45) is 0 Å². The van der Waals surface area contributed by atoms with E-state index in [2.05, 4.69) is 25.2 Å². The fraction of sp³-hybridized carbons (Fsp3) is 0.538. The maximum absolute atomic E-state index is 5.78. The molecule has 0 saturated carbocycles. The maximum atomic E-state index is 5.78. The zero-order chi connectivity index (χ0) is 11.4. The van der Waals surface area contributed by atoms with E-state index in [9.17, 15) is 0 Å². The van der Waals surface area contributed by atoms with E-state index < -0.39 is 0 Å². The molecule has 1 saturated heterocycles. The van der Waals surface area contributed by atoms with Crippen molar-refractivity contribution >= 4 is 0 Å². The summed E-state index contributed by atoms with van der Waals surface area (Å²) in [6.07, 6.45) is 0. The second kappa shape index (κ2) is 5.32. The first-order valence-corrected chi connectivity index (χ1v) is 5.78. The molecule has 3 heteroatoms. The van der Waals surface area contributed by atoms with Gasteiger partial charge in [0.1, 0.15) is 12.4 Å². The molecule has 1 fully saturated rings. The Balaban J connectivity index is 1.85. The molecule has 1 heterocycles. The van der Waals surface area contributed by atoms with E-state index in [1.165, 1.54) is 5.56 Å². The molecule has 1 aliphatic heterocycles. The minimum Gasteiger partial charge on any atom is -0.492 e. The van der Waals surface area contributed by atoms with Crippen LogP contribution in [0.25, 0.3) is 0 Å². The highest BCUT2D eigenvalue weighted by Crippen LogP contribution is 2.16. The SMILES string of the molecule is Cc1ccccc1OCC1COCC(C)N1. The first-order chi connectivity index (χ1) is 7.75. The molecule has 1 N–H and O–H groups in total. The van der Waals surface area contributed by atoms with Gasteiger partial charge in [0.05, 0.1) is 19.3 Å².